The van der Waals surface area contributed by atoms with E-state index in [1.165, 1.54) is 11.1 Å². The zero-order chi connectivity index (χ0) is 18.3. The lowest BCUT2D eigenvalue weighted by Crippen LogP contribution is -2.44. The van der Waals surface area contributed by atoms with Gasteiger partial charge in [-0.05, 0) is 36.3 Å². The van der Waals surface area contributed by atoms with Crippen LogP contribution in [0.3, 0.4) is 0 Å². The standard InChI is InChI=1S/C20H26N4O2.ClH/c1-13(2)10-17(25)24-12-15-7-4-3-6-14(15)11-16(24)18-22-19(23-26-18)20(21)8-5-9-20;/h3-4,6-7,13,16H,5,8-12,21H2,1-2H3;1H. The van der Waals surface area contributed by atoms with Crippen molar-refractivity contribution in [3.8, 4) is 0 Å². The average molecular weight is 391 g/mol. The molecule has 1 amide bonds. The molecule has 2 heterocycles. The molecule has 1 unspecified atom stereocenters. The number of amides is 1. The highest BCUT2D eigenvalue weighted by Gasteiger charge is 2.41. The lowest BCUT2D eigenvalue weighted by Gasteiger charge is -2.36. The number of hydrogen-bond acceptors (Lipinski definition) is 5. The van der Waals surface area contributed by atoms with Crippen molar-refractivity contribution in [2.24, 2.45) is 11.7 Å². The van der Waals surface area contributed by atoms with E-state index in [9.17, 15) is 4.79 Å². The summed E-state index contributed by atoms with van der Waals surface area (Å²) >= 11 is 0. The van der Waals surface area contributed by atoms with Gasteiger partial charge in [0, 0.05) is 19.4 Å². The van der Waals surface area contributed by atoms with Crippen LogP contribution in [0, 0.1) is 5.92 Å². The third kappa shape index (κ3) is 3.73. The van der Waals surface area contributed by atoms with Crippen molar-refractivity contribution in [2.45, 2.75) is 64.1 Å². The van der Waals surface area contributed by atoms with Crippen molar-refractivity contribution in [3.63, 3.8) is 0 Å². The van der Waals surface area contributed by atoms with Crippen LogP contribution in [0.4, 0.5) is 0 Å². The van der Waals surface area contributed by atoms with Gasteiger partial charge in [-0.2, -0.15) is 4.98 Å². The van der Waals surface area contributed by atoms with E-state index in [1.54, 1.807) is 0 Å². The van der Waals surface area contributed by atoms with Gasteiger partial charge >= 0.3 is 0 Å². The van der Waals surface area contributed by atoms with Crippen LogP contribution in [0.2, 0.25) is 0 Å². The number of rotatable bonds is 4. The smallest absolute Gasteiger partial charge is 0.249 e. The summed E-state index contributed by atoms with van der Waals surface area (Å²) in [6.45, 7) is 4.70. The summed E-state index contributed by atoms with van der Waals surface area (Å²) in [7, 11) is 0. The molecule has 2 aromatic rings. The summed E-state index contributed by atoms with van der Waals surface area (Å²) in [5.41, 5.74) is 8.30. The highest BCUT2D eigenvalue weighted by molar-refractivity contribution is 5.85. The largest absolute Gasteiger partial charge is 0.337 e. The van der Waals surface area contributed by atoms with Crippen LogP contribution in [-0.2, 0) is 23.3 Å². The monoisotopic (exact) mass is 390 g/mol. The maximum Gasteiger partial charge on any atom is 0.249 e. The van der Waals surface area contributed by atoms with E-state index in [4.69, 9.17) is 10.3 Å². The fourth-order valence-corrected chi connectivity index (χ4v) is 3.83. The summed E-state index contributed by atoms with van der Waals surface area (Å²) in [6, 6.07) is 8.03. The molecule has 0 bridgehead atoms. The first kappa shape index (κ1) is 19.8. The topological polar surface area (TPSA) is 85.2 Å². The molecule has 0 radical (unpaired) electrons. The molecule has 1 aromatic carbocycles. The molecule has 1 saturated carbocycles. The first-order valence-corrected chi connectivity index (χ1v) is 9.45. The second-order valence-corrected chi connectivity index (χ2v) is 8.07. The molecule has 146 valence electrons. The van der Waals surface area contributed by atoms with E-state index in [0.717, 1.165) is 19.3 Å². The van der Waals surface area contributed by atoms with E-state index in [2.05, 4.69) is 36.1 Å². The second-order valence-electron chi connectivity index (χ2n) is 8.07. The number of nitrogens with zero attached hydrogens (tertiary/aromatic N) is 3. The minimum absolute atomic E-state index is 0. The quantitative estimate of drug-likeness (QED) is 0.863. The van der Waals surface area contributed by atoms with Gasteiger partial charge in [-0.1, -0.05) is 43.3 Å². The second kappa shape index (κ2) is 7.60. The van der Waals surface area contributed by atoms with Gasteiger partial charge in [0.2, 0.25) is 11.8 Å². The lowest BCUT2D eigenvalue weighted by molar-refractivity contribution is -0.136. The molecule has 0 saturated heterocycles. The number of fused-ring (bicyclic) bond motifs is 1. The number of nitrogens with two attached hydrogens (primary N) is 1. The molecule has 1 fully saturated rings. The van der Waals surface area contributed by atoms with Gasteiger partial charge in [0.05, 0.1) is 5.54 Å². The minimum atomic E-state index is -0.457. The van der Waals surface area contributed by atoms with Gasteiger partial charge in [-0.3, -0.25) is 4.79 Å². The number of hydrogen-bond donors (Lipinski definition) is 1. The SMILES string of the molecule is CC(C)CC(=O)N1Cc2ccccc2CC1c1nc(C2(N)CCC2)no1.Cl. The third-order valence-electron chi connectivity index (χ3n) is 5.57. The van der Waals surface area contributed by atoms with Crippen LogP contribution >= 0.6 is 12.4 Å². The Morgan fingerprint density at radius 3 is 2.67 bits per heavy atom. The van der Waals surface area contributed by atoms with E-state index < -0.39 is 5.54 Å². The Hall–Kier alpha value is -1.92. The zero-order valence-electron chi connectivity index (χ0n) is 15.9. The fraction of sp³-hybridized carbons (Fsp3) is 0.550. The van der Waals surface area contributed by atoms with Gasteiger partial charge in [0.15, 0.2) is 5.82 Å². The highest BCUT2D eigenvalue weighted by atomic mass is 35.5. The van der Waals surface area contributed by atoms with Gasteiger partial charge in [-0.15, -0.1) is 12.4 Å². The maximum atomic E-state index is 12.9. The molecule has 1 aliphatic carbocycles. The Morgan fingerprint density at radius 2 is 2.04 bits per heavy atom. The van der Waals surface area contributed by atoms with E-state index in [-0.39, 0.29) is 24.4 Å². The van der Waals surface area contributed by atoms with Crippen molar-refractivity contribution in [2.75, 3.05) is 0 Å². The van der Waals surface area contributed by atoms with Crippen LogP contribution in [0.25, 0.3) is 0 Å². The molecule has 4 rings (SSSR count). The Labute approximate surface area is 165 Å². The predicted octanol–water partition coefficient (Wildman–Crippen LogP) is 3.50. The molecule has 7 heteroatoms. The highest BCUT2D eigenvalue weighted by Crippen LogP contribution is 2.39. The molecule has 0 spiro atoms. The normalized spacial score (nSPS) is 20.6. The van der Waals surface area contributed by atoms with Crippen LogP contribution in [0.5, 0.6) is 0 Å². The number of carbonyl (C=O) groups is 1. The van der Waals surface area contributed by atoms with Crippen molar-refractivity contribution in [1.29, 1.82) is 0 Å². The number of halogens is 1. The summed E-state index contributed by atoms with van der Waals surface area (Å²) in [4.78, 5) is 19.4. The number of carbonyl (C=O) groups excluding carboxylic acids is 1. The summed E-state index contributed by atoms with van der Waals surface area (Å²) in [5, 5.41) is 4.15. The van der Waals surface area contributed by atoms with Gasteiger partial charge in [0.25, 0.3) is 0 Å². The van der Waals surface area contributed by atoms with Crippen LogP contribution in [-0.4, -0.2) is 20.9 Å². The molecule has 27 heavy (non-hydrogen) atoms. The molecular formula is C20H27ClN4O2. The van der Waals surface area contributed by atoms with E-state index in [1.807, 2.05) is 17.0 Å². The Bertz CT molecular complexity index is 816. The van der Waals surface area contributed by atoms with Crippen LogP contribution < -0.4 is 5.73 Å². The molecule has 1 aromatic heterocycles. The molecule has 1 atom stereocenters. The van der Waals surface area contributed by atoms with Crippen LogP contribution in [0.15, 0.2) is 28.8 Å². The Morgan fingerprint density at radius 1 is 1.33 bits per heavy atom. The van der Waals surface area contributed by atoms with Crippen molar-refractivity contribution >= 4 is 18.3 Å². The van der Waals surface area contributed by atoms with Gasteiger partial charge < -0.3 is 15.2 Å². The average Bonchev–Trinajstić information content (AvgIpc) is 3.08. The van der Waals surface area contributed by atoms with Crippen LogP contribution in [0.1, 0.15) is 68.4 Å². The molecule has 6 nitrogen and oxygen atoms in total. The molecule has 2 N–H and O–H groups in total. The third-order valence-corrected chi connectivity index (χ3v) is 5.57. The Kier molecular flexibility index (Phi) is 5.58. The zero-order valence-corrected chi connectivity index (χ0v) is 16.7. The van der Waals surface area contributed by atoms with Crippen molar-refractivity contribution < 1.29 is 9.32 Å². The van der Waals surface area contributed by atoms with E-state index in [0.29, 0.717) is 37.0 Å². The first-order chi connectivity index (χ1) is 12.5. The lowest BCUT2D eigenvalue weighted by atomic mass is 9.77. The summed E-state index contributed by atoms with van der Waals surface area (Å²) in [5.74, 6) is 1.52. The minimum Gasteiger partial charge on any atom is -0.337 e. The molecule has 1 aliphatic heterocycles. The number of benzene rings is 1. The first-order valence-electron chi connectivity index (χ1n) is 9.45. The van der Waals surface area contributed by atoms with Gasteiger partial charge in [-0.25, -0.2) is 0 Å². The summed E-state index contributed by atoms with van der Waals surface area (Å²) in [6.07, 6.45) is 4.07. The fourth-order valence-electron chi connectivity index (χ4n) is 3.83. The van der Waals surface area contributed by atoms with Crippen molar-refractivity contribution in [1.82, 2.24) is 15.0 Å². The summed E-state index contributed by atoms with van der Waals surface area (Å²) < 4.78 is 5.59. The molecular weight excluding hydrogens is 364 g/mol. The number of aromatic nitrogens is 2. The van der Waals surface area contributed by atoms with Crippen molar-refractivity contribution in [3.05, 3.63) is 47.1 Å². The predicted molar refractivity (Wildman–Crippen MR) is 104 cm³/mol. The maximum absolute atomic E-state index is 12.9. The Balaban J connectivity index is 0.00000210. The van der Waals surface area contributed by atoms with Gasteiger partial charge in [0.1, 0.15) is 6.04 Å². The molecule has 2 aliphatic rings. The van der Waals surface area contributed by atoms with E-state index >= 15 is 0 Å².